The Labute approximate surface area is 41.5 Å². The van der Waals surface area contributed by atoms with Crippen LogP contribution in [0.15, 0.2) is 11.6 Å². The summed E-state index contributed by atoms with van der Waals surface area (Å²) in [4.78, 5) is 3.61. The van der Waals surface area contributed by atoms with Gasteiger partial charge in [-0.3, -0.25) is 4.84 Å². The molecule has 0 rings (SSSR count). The van der Waals surface area contributed by atoms with Gasteiger partial charge in [0, 0.05) is 11.4 Å². The quantitative estimate of drug-likeness (QED) is 0.477. The van der Waals surface area contributed by atoms with Gasteiger partial charge in [0.25, 0.3) is 0 Å². The van der Waals surface area contributed by atoms with Gasteiger partial charge in [-0.2, -0.15) is 0 Å². The first-order valence-electron chi connectivity index (χ1n) is 1.43. The first-order chi connectivity index (χ1) is 2.91. The fourth-order valence-corrected chi connectivity index (χ4v) is 0.152. The Morgan fingerprint density at radius 2 is 2.50 bits per heavy atom. The number of hydrogen-bond acceptors (Lipinski definition) is 1. The van der Waals surface area contributed by atoms with E-state index < -0.39 is 0 Å². The summed E-state index contributed by atoms with van der Waals surface area (Å²) in [7, 11) is 0. The van der Waals surface area contributed by atoms with Gasteiger partial charge in [-0.1, -0.05) is 11.6 Å². The lowest BCUT2D eigenvalue weighted by atomic mass is 10.7. The third-order valence-electron chi connectivity index (χ3n) is 0.260. The molecule has 0 amide bonds. The van der Waals surface area contributed by atoms with Crippen LogP contribution in [0.25, 0.3) is 0 Å². The van der Waals surface area contributed by atoms with Gasteiger partial charge in [0.2, 0.25) is 0 Å². The summed E-state index contributed by atoms with van der Waals surface area (Å²) in [6, 6.07) is 0. The molecule has 0 aliphatic rings. The van der Waals surface area contributed by atoms with E-state index in [1.54, 1.807) is 0 Å². The maximum absolute atomic E-state index is 7.59. The molecular weight excluding hydrogens is 101 g/mol. The number of halogens is 1. The molecule has 0 saturated heterocycles. The predicted octanol–water partition coefficient (Wildman–Crippen LogP) is 0.739. The molecular formula is C3H4ClNO. The molecule has 2 nitrogen and oxygen atoms in total. The van der Waals surface area contributed by atoms with Gasteiger partial charge in [0.05, 0.1) is 6.61 Å². The third-order valence-corrected chi connectivity index (χ3v) is 0.438. The maximum atomic E-state index is 7.59. The molecule has 0 aliphatic carbocycles. The molecule has 6 heavy (non-hydrogen) atoms. The summed E-state index contributed by atoms with van der Waals surface area (Å²) < 4.78 is 0. The Hall–Kier alpha value is -0.0500. The Balaban J connectivity index is 2.66. The molecule has 0 fully saturated rings. The van der Waals surface area contributed by atoms with Crippen LogP contribution in [-0.2, 0) is 4.84 Å². The van der Waals surface area contributed by atoms with Crippen molar-refractivity contribution >= 4 is 11.6 Å². The zero-order valence-electron chi connectivity index (χ0n) is 3.10. The molecule has 2 radical (unpaired) electrons. The largest absolute Gasteiger partial charge is 0.259 e. The molecule has 0 unspecified atom stereocenters. The molecule has 0 bridgehead atoms. The molecule has 0 spiro atoms. The molecule has 0 N–H and O–H groups in total. The molecule has 34 valence electrons. The standard InChI is InChI=1S/C3H4ClNO/c4-2-1-3-6-5/h1-2H,3H2/b2-1+. The number of hydrogen-bond donors (Lipinski definition) is 0. The van der Waals surface area contributed by atoms with Crippen molar-refractivity contribution in [2.24, 2.45) is 0 Å². The Morgan fingerprint density at radius 3 is 2.67 bits per heavy atom. The van der Waals surface area contributed by atoms with Crippen LogP contribution in [0.2, 0.25) is 0 Å². The van der Waals surface area contributed by atoms with Crippen LogP contribution in [0.3, 0.4) is 0 Å². The SMILES string of the molecule is [N]OC/C=C/Cl. The van der Waals surface area contributed by atoms with Gasteiger partial charge in [0.15, 0.2) is 0 Å². The average Bonchev–Trinajstić information content (AvgIpc) is 1.61. The van der Waals surface area contributed by atoms with E-state index in [1.165, 1.54) is 11.6 Å². The highest BCUT2D eigenvalue weighted by atomic mass is 35.5. The predicted molar refractivity (Wildman–Crippen MR) is 23.1 cm³/mol. The molecule has 0 aromatic carbocycles. The lowest BCUT2D eigenvalue weighted by molar-refractivity contribution is 0.147. The van der Waals surface area contributed by atoms with Crippen LogP contribution in [0.1, 0.15) is 0 Å². The molecule has 0 heterocycles. The zero-order chi connectivity index (χ0) is 4.83. The molecule has 0 aromatic rings. The van der Waals surface area contributed by atoms with Crippen LogP contribution in [0.4, 0.5) is 0 Å². The third kappa shape index (κ3) is 3.95. The van der Waals surface area contributed by atoms with Crippen molar-refractivity contribution in [1.82, 2.24) is 5.90 Å². The number of nitrogens with zero attached hydrogens (tertiary/aromatic N) is 1. The molecule has 0 aliphatic heterocycles. The maximum Gasteiger partial charge on any atom is 0.0913 e. The van der Waals surface area contributed by atoms with Crippen molar-refractivity contribution < 1.29 is 4.84 Å². The summed E-state index contributed by atoms with van der Waals surface area (Å²) in [5, 5.41) is 0. The summed E-state index contributed by atoms with van der Waals surface area (Å²) in [5.74, 6) is 7.59. The number of rotatable bonds is 2. The van der Waals surface area contributed by atoms with Crippen molar-refractivity contribution in [1.29, 1.82) is 0 Å². The second-order valence-corrected chi connectivity index (χ2v) is 0.909. The normalized spacial score (nSPS) is 10.3. The molecule has 0 aromatic heterocycles. The molecule has 0 saturated carbocycles. The average molecular weight is 106 g/mol. The van der Waals surface area contributed by atoms with E-state index in [4.69, 9.17) is 17.5 Å². The first-order valence-corrected chi connectivity index (χ1v) is 1.87. The van der Waals surface area contributed by atoms with Gasteiger partial charge in [-0.05, 0) is 6.08 Å². The summed E-state index contributed by atoms with van der Waals surface area (Å²) in [6.07, 6.45) is 1.47. The lowest BCUT2D eigenvalue weighted by Gasteiger charge is -1.75. The van der Waals surface area contributed by atoms with Crippen LogP contribution >= 0.6 is 11.6 Å². The van der Waals surface area contributed by atoms with Gasteiger partial charge >= 0.3 is 0 Å². The highest BCUT2D eigenvalue weighted by Crippen LogP contribution is 1.75. The Kier molecular flexibility index (Phi) is 4.91. The monoisotopic (exact) mass is 105 g/mol. The van der Waals surface area contributed by atoms with Crippen LogP contribution in [0.5, 0.6) is 0 Å². The highest BCUT2D eigenvalue weighted by Gasteiger charge is 1.66. The van der Waals surface area contributed by atoms with Crippen molar-refractivity contribution in [2.75, 3.05) is 6.61 Å². The van der Waals surface area contributed by atoms with Crippen molar-refractivity contribution in [2.45, 2.75) is 0 Å². The van der Waals surface area contributed by atoms with Crippen LogP contribution in [-0.4, -0.2) is 6.61 Å². The highest BCUT2D eigenvalue weighted by molar-refractivity contribution is 6.25. The second kappa shape index (κ2) is 4.95. The topological polar surface area (TPSA) is 31.5 Å². The summed E-state index contributed by atoms with van der Waals surface area (Å²) >= 11 is 5.01. The van der Waals surface area contributed by atoms with Crippen LogP contribution < -0.4 is 5.90 Å². The summed E-state index contributed by atoms with van der Waals surface area (Å²) in [5.41, 5.74) is 1.27. The Bertz CT molecular complexity index is 46.1. The zero-order valence-corrected chi connectivity index (χ0v) is 3.85. The van der Waals surface area contributed by atoms with E-state index in [0.717, 1.165) is 0 Å². The van der Waals surface area contributed by atoms with Crippen LogP contribution in [0, 0.1) is 0 Å². The van der Waals surface area contributed by atoms with E-state index >= 15 is 0 Å². The van der Waals surface area contributed by atoms with E-state index in [1.807, 2.05) is 0 Å². The minimum absolute atomic E-state index is 0.156. The fourth-order valence-electron chi connectivity index (χ4n) is 0.0794. The second-order valence-electron chi connectivity index (χ2n) is 0.657. The van der Waals surface area contributed by atoms with Crippen molar-refractivity contribution in [3.05, 3.63) is 11.6 Å². The van der Waals surface area contributed by atoms with Crippen molar-refractivity contribution in [3.63, 3.8) is 0 Å². The molecule has 0 atom stereocenters. The smallest absolute Gasteiger partial charge is 0.0913 e. The van der Waals surface area contributed by atoms with E-state index in [2.05, 4.69) is 4.84 Å². The van der Waals surface area contributed by atoms with Gasteiger partial charge in [-0.25, -0.2) is 0 Å². The lowest BCUT2D eigenvalue weighted by Crippen LogP contribution is -1.81. The minimum Gasteiger partial charge on any atom is -0.259 e. The minimum atomic E-state index is 0.156. The van der Waals surface area contributed by atoms with Gasteiger partial charge < -0.3 is 0 Å². The Morgan fingerprint density at radius 1 is 1.83 bits per heavy atom. The van der Waals surface area contributed by atoms with E-state index in [-0.39, 0.29) is 6.61 Å². The fraction of sp³-hybridized carbons (Fsp3) is 0.333. The molecule has 3 heteroatoms. The van der Waals surface area contributed by atoms with Gasteiger partial charge in [0.1, 0.15) is 0 Å². The van der Waals surface area contributed by atoms with E-state index in [0.29, 0.717) is 0 Å². The first kappa shape index (κ1) is 5.95. The van der Waals surface area contributed by atoms with Crippen molar-refractivity contribution in [3.8, 4) is 0 Å². The van der Waals surface area contributed by atoms with E-state index in [9.17, 15) is 0 Å². The van der Waals surface area contributed by atoms with Gasteiger partial charge in [-0.15, -0.1) is 0 Å². The summed E-state index contributed by atoms with van der Waals surface area (Å²) in [6.45, 7) is 0.156.